The molecule has 0 unspecified atom stereocenters. The van der Waals surface area contributed by atoms with Gasteiger partial charge in [0.15, 0.2) is 0 Å². The fourth-order valence-corrected chi connectivity index (χ4v) is 3.39. The van der Waals surface area contributed by atoms with Gasteiger partial charge in [-0.05, 0) is 26.2 Å². The van der Waals surface area contributed by atoms with Crippen LogP contribution in [0.3, 0.4) is 0 Å². The minimum absolute atomic E-state index is 0.532. The molecule has 0 N–H and O–H groups in total. The van der Waals surface area contributed by atoms with Crippen molar-refractivity contribution in [3.8, 4) is 0 Å². The lowest BCUT2D eigenvalue weighted by molar-refractivity contribution is 0.413. The van der Waals surface area contributed by atoms with E-state index in [0.29, 0.717) is 24.4 Å². The van der Waals surface area contributed by atoms with Gasteiger partial charge in [0.25, 0.3) is 0 Å². The molecule has 0 aromatic carbocycles. The van der Waals surface area contributed by atoms with Crippen molar-refractivity contribution in [1.82, 2.24) is 4.31 Å². The molecule has 15 heavy (non-hydrogen) atoms. The summed E-state index contributed by atoms with van der Waals surface area (Å²) >= 11 is 0. The summed E-state index contributed by atoms with van der Waals surface area (Å²) in [5.41, 5.74) is 0. The number of hydrogen-bond acceptors (Lipinski definition) is 2. The molecule has 0 amide bonds. The first kappa shape index (κ1) is 14.6. The molecule has 0 fully saturated rings. The van der Waals surface area contributed by atoms with Crippen LogP contribution in [-0.2, 0) is 10.0 Å². The van der Waals surface area contributed by atoms with Crippen molar-refractivity contribution in [3.63, 3.8) is 0 Å². The summed E-state index contributed by atoms with van der Waals surface area (Å²) in [6.07, 6.45) is 4.00. The Kier molecular flexibility index (Phi) is 6.85. The Morgan fingerprint density at radius 1 is 1.13 bits per heavy atom. The van der Waals surface area contributed by atoms with E-state index in [4.69, 9.17) is 0 Å². The Balaban J connectivity index is 4.93. The lowest BCUT2D eigenvalue weighted by Crippen LogP contribution is -2.33. The van der Waals surface area contributed by atoms with Gasteiger partial charge in [0, 0.05) is 13.1 Å². The maximum atomic E-state index is 12.1. The van der Waals surface area contributed by atoms with Gasteiger partial charge in [0.2, 0.25) is 10.0 Å². The van der Waals surface area contributed by atoms with Crippen molar-refractivity contribution < 1.29 is 8.42 Å². The third-order valence-electron chi connectivity index (χ3n) is 2.29. The van der Waals surface area contributed by atoms with E-state index in [0.717, 1.165) is 12.8 Å². The Labute approximate surface area is 94.2 Å². The molecular formula is C11H23NO2S. The van der Waals surface area contributed by atoms with E-state index >= 15 is 0 Å². The van der Waals surface area contributed by atoms with Crippen molar-refractivity contribution in [2.45, 2.75) is 47.0 Å². The van der Waals surface area contributed by atoms with Crippen LogP contribution < -0.4 is 0 Å². The molecule has 0 spiro atoms. The second-order valence-corrected chi connectivity index (χ2v) is 5.50. The third-order valence-corrected chi connectivity index (χ3v) is 4.52. The van der Waals surface area contributed by atoms with E-state index in [-0.39, 0.29) is 0 Å². The lowest BCUT2D eigenvalue weighted by Gasteiger charge is -2.22. The van der Waals surface area contributed by atoms with Crippen LogP contribution in [0.1, 0.15) is 47.0 Å². The van der Waals surface area contributed by atoms with E-state index in [1.54, 1.807) is 17.3 Å². The second kappa shape index (κ2) is 7.01. The maximum absolute atomic E-state index is 12.1. The molecule has 4 heteroatoms. The van der Waals surface area contributed by atoms with E-state index < -0.39 is 10.0 Å². The first-order valence-electron chi connectivity index (χ1n) is 5.69. The van der Waals surface area contributed by atoms with Gasteiger partial charge in [-0.25, -0.2) is 8.42 Å². The van der Waals surface area contributed by atoms with Crippen molar-refractivity contribution in [3.05, 3.63) is 11.0 Å². The molecule has 0 rings (SSSR count). The largest absolute Gasteiger partial charge is 0.238 e. The zero-order chi connectivity index (χ0) is 11.9. The van der Waals surface area contributed by atoms with Crippen LogP contribution in [0.4, 0.5) is 0 Å². The van der Waals surface area contributed by atoms with Crippen LogP contribution in [0.2, 0.25) is 0 Å². The molecule has 0 aromatic rings. The van der Waals surface area contributed by atoms with E-state index in [2.05, 4.69) is 0 Å². The summed E-state index contributed by atoms with van der Waals surface area (Å²) in [5, 5.41) is 0. The summed E-state index contributed by atoms with van der Waals surface area (Å²) < 4.78 is 25.9. The minimum atomic E-state index is -3.19. The zero-order valence-corrected chi connectivity index (χ0v) is 11.1. The fourth-order valence-electron chi connectivity index (χ4n) is 1.55. The number of sulfonamides is 1. The molecule has 0 aliphatic heterocycles. The second-order valence-electron chi connectivity index (χ2n) is 3.51. The van der Waals surface area contributed by atoms with Crippen LogP contribution in [0, 0.1) is 0 Å². The van der Waals surface area contributed by atoms with Gasteiger partial charge >= 0.3 is 0 Å². The molecule has 0 bridgehead atoms. The average molecular weight is 233 g/mol. The fraction of sp³-hybridized carbons (Fsp3) is 0.818. The molecule has 3 nitrogen and oxygen atoms in total. The van der Waals surface area contributed by atoms with Gasteiger partial charge < -0.3 is 0 Å². The molecular weight excluding hydrogens is 210 g/mol. The molecule has 0 radical (unpaired) electrons. The topological polar surface area (TPSA) is 37.4 Å². The number of nitrogens with zero attached hydrogens (tertiary/aromatic N) is 1. The van der Waals surface area contributed by atoms with Crippen molar-refractivity contribution >= 4 is 10.0 Å². The normalized spacial score (nSPS) is 13.5. The number of allylic oxidation sites excluding steroid dienone is 2. The highest BCUT2D eigenvalue weighted by molar-refractivity contribution is 7.93. The number of hydrogen-bond donors (Lipinski definition) is 0. The van der Waals surface area contributed by atoms with Gasteiger partial charge in [-0.3, -0.25) is 0 Å². The minimum Gasteiger partial charge on any atom is -0.207 e. The maximum Gasteiger partial charge on any atom is 0.238 e. The Bertz CT molecular complexity index is 288. The van der Waals surface area contributed by atoms with Gasteiger partial charge in [-0.1, -0.05) is 26.8 Å². The van der Waals surface area contributed by atoms with Crippen molar-refractivity contribution in [2.24, 2.45) is 0 Å². The van der Waals surface area contributed by atoms with Crippen molar-refractivity contribution in [2.75, 3.05) is 13.1 Å². The molecule has 0 aliphatic rings. The molecule has 0 saturated carbocycles. The molecule has 90 valence electrons. The Morgan fingerprint density at radius 2 is 1.60 bits per heavy atom. The first-order chi connectivity index (χ1) is 7.04. The highest BCUT2D eigenvalue weighted by atomic mass is 32.2. The zero-order valence-electron chi connectivity index (χ0n) is 10.3. The van der Waals surface area contributed by atoms with E-state index in [1.807, 2.05) is 20.8 Å². The third kappa shape index (κ3) is 3.95. The summed E-state index contributed by atoms with van der Waals surface area (Å²) in [6.45, 7) is 8.90. The quantitative estimate of drug-likeness (QED) is 0.678. The molecule has 0 saturated heterocycles. The summed E-state index contributed by atoms with van der Waals surface area (Å²) in [5.74, 6) is 0. The van der Waals surface area contributed by atoms with Crippen LogP contribution in [0.5, 0.6) is 0 Å². The van der Waals surface area contributed by atoms with Crippen LogP contribution in [-0.4, -0.2) is 25.8 Å². The van der Waals surface area contributed by atoms with Crippen molar-refractivity contribution in [1.29, 1.82) is 0 Å². The van der Waals surface area contributed by atoms with Crippen LogP contribution >= 0.6 is 0 Å². The predicted molar refractivity (Wildman–Crippen MR) is 65.1 cm³/mol. The average Bonchev–Trinajstić information content (AvgIpc) is 2.19. The monoisotopic (exact) mass is 233 g/mol. The predicted octanol–water partition coefficient (Wildman–Crippen LogP) is 2.75. The summed E-state index contributed by atoms with van der Waals surface area (Å²) in [6, 6.07) is 0. The van der Waals surface area contributed by atoms with Crippen LogP contribution in [0.25, 0.3) is 0 Å². The highest BCUT2D eigenvalue weighted by Crippen LogP contribution is 2.17. The van der Waals surface area contributed by atoms with E-state index in [9.17, 15) is 8.42 Å². The van der Waals surface area contributed by atoms with Crippen LogP contribution in [0.15, 0.2) is 11.0 Å². The Hall–Kier alpha value is -0.350. The molecule has 0 heterocycles. The standard InChI is InChI=1S/C11H23NO2S/c1-5-9-12(10-6-2)15(13,14)11(7-3)8-4/h7H,5-6,8-10H2,1-4H3/b11-7+. The molecule has 0 atom stereocenters. The van der Waals surface area contributed by atoms with Gasteiger partial charge in [-0.2, -0.15) is 4.31 Å². The smallest absolute Gasteiger partial charge is 0.207 e. The first-order valence-corrected chi connectivity index (χ1v) is 7.13. The number of rotatable bonds is 7. The Morgan fingerprint density at radius 3 is 1.87 bits per heavy atom. The van der Waals surface area contributed by atoms with Gasteiger partial charge in [-0.15, -0.1) is 0 Å². The lowest BCUT2D eigenvalue weighted by atomic mass is 10.4. The molecule has 0 aliphatic carbocycles. The highest BCUT2D eigenvalue weighted by Gasteiger charge is 2.23. The van der Waals surface area contributed by atoms with Gasteiger partial charge in [0.1, 0.15) is 0 Å². The SMILES string of the molecule is C/C=C(\CC)S(=O)(=O)N(CCC)CCC. The van der Waals surface area contributed by atoms with E-state index in [1.165, 1.54) is 0 Å². The van der Waals surface area contributed by atoms with Gasteiger partial charge in [0.05, 0.1) is 4.91 Å². The summed E-state index contributed by atoms with van der Waals surface area (Å²) in [4.78, 5) is 0.532. The molecule has 0 aromatic heterocycles. The summed E-state index contributed by atoms with van der Waals surface area (Å²) in [7, 11) is -3.19.